The average Bonchev–Trinajstić information content (AvgIpc) is 1.82. The van der Waals surface area contributed by atoms with Crippen LogP contribution in [0.1, 0.15) is 14.3 Å². The zero-order valence-corrected chi connectivity index (χ0v) is 11.2. The van der Waals surface area contributed by atoms with Gasteiger partial charge in [-0.15, -0.1) is 0 Å². The molecule has 0 aromatic rings. The van der Waals surface area contributed by atoms with Gasteiger partial charge >= 0.3 is 70.1 Å². The second-order valence-electron chi connectivity index (χ2n) is 1.88. The number of hydrogen-bond donors (Lipinski definition) is 3. The summed E-state index contributed by atoms with van der Waals surface area (Å²) in [5, 5.41) is 16.3. The molecule has 0 bridgehead atoms. The first-order chi connectivity index (χ1) is 4.54. The van der Waals surface area contributed by atoms with Gasteiger partial charge < -0.3 is 17.4 Å². The SMILES string of the molecule is N[C@@H](CCC(=O)O)C(=O)O.[H-].[Rb+]. The first kappa shape index (κ1) is 14.2. The van der Waals surface area contributed by atoms with Crippen LogP contribution in [0.3, 0.4) is 0 Å². The van der Waals surface area contributed by atoms with Crippen molar-refractivity contribution in [2.75, 3.05) is 0 Å². The second-order valence-corrected chi connectivity index (χ2v) is 1.88. The minimum atomic E-state index is -1.17. The summed E-state index contributed by atoms with van der Waals surface area (Å²) in [5.41, 5.74) is 5.00. The van der Waals surface area contributed by atoms with Crippen LogP contribution >= 0.6 is 0 Å². The van der Waals surface area contributed by atoms with E-state index in [2.05, 4.69) is 0 Å². The van der Waals surface area contributed by atoms with E-state index < -0.39 is 18.0 Å². The zero-order valence-electron chi connectivity index (χ0n) is 7.28. The van der Waals surface area contributed by atoms with Crippen molar-refractivity contribution in [3.05, 3.63) is 0 Å². The number of carbonyl (C=O) groups is 2. The fourth-order valence-corrected chi connectivity index (χ4v) is 0.402. The summed E-state index contributed by atoms with van der Waals surface area (Å²) < 4.78 is 0. The van der Waals surface area contributed by atoms with Crippen LogP contribution in [0.25, 0.3) is 0 Å². The van der Waals surface area contributed by atoms with Gasteiger partial charge in [-0.25, -0.2) is 0 Å². The third kappa shape index (κ3) is 8.61. The quantitative estimate of drug-likeness (QED) is 0.466. The number of nitrogens with two attached hydrogens (primary N) is 1. The molecule has 0 amide bonds. The van der Waals surface area contributed by atoms with Gasteiger partial charge in [0.05, 0.1) is 0 Å². The van der Waals surface area contributed by atoms with Crippen molar-refractivity contribution in [1.29, 1.82) is 0 Å². The van der Waals surface area contributed by atoms with Crippen molar-refractivity contribution in [1.82, 2.24) is 0 Å². The number of aliphatic carboxylic acids is 2. The summed E-state index contributed by atoms with van der Waals surface area (Å²) in [4.78, 5) is 19.9. The molecule has 60 valence electrons. The molecule has 0 saturated carbocycles. The Bertz CT molecular complexity index is 154. The first-order valence-electron chi connectivity index (χ1n) is 2.74. The fourth-order valence-electron chi connectivity index (χ4n) is 0.402. The largest absolute Gasteiger partial charge is 1.00 e. The van der Waals surface area contributed by atoms with E-state index in [-0.39, 0.29) is 72.5 Å². The molecule has 6 heteroatoms. The Morgan fingerprint density at radius 2 is 1.91 bits per heavy atom. The molecule has 0 unspecified atom stereocenters. The van der Waals surface area contributed by atoms with Crippen molar-refractivity contribution >= 4 is 11.9 Å². The van der Waals surface area contributed by atoms with Gasteiger partial charge in [-0.3, -0.25) is 9.59 Å². The molecular formula is C5H10NO4Rb. The second kappa shape index (κ2) is 7.36. The predicted octanol–water partition coefficient (Wildman–Crippen LogP) is -3.62. The van der Waals surface area contributed by atoms with Crippen molar-refractivity contribution in [3.8, 4) is 0 Å². The Labute approximate surface area is 114 Å². The standard InChI is InChI=1S/C5H9NO4.Rb.H/c6-3(5(9)10)1-2-4(7)8;;/h3H,1-2,6H2,(H,7,8)(H,9,10);;/q;+1;-1/t3-;;/m0../s1. The third-order valence-electron chi connectivity index (χ3n) is 0.986. The maximum atomic E-state index is 9.99. The van der Waals surface area contributed by atoms with Crippen LogP contribution in [0.5, 0.6) is 0 Å². The molecule has 0 aliphatic carbocycles. The smallest absolute Gasteiger partial charge is 1.00 e. The summed E-state index contributed by atoms with van der Waals surface area (Å²) in [7, 11) is 0. The van der Waals surface area contributed by atoms with Gasteiger partial charge in [0.1, 0.15) is 6.04 Å². The Morgan fingerprint density at radius 3 is 2.18 bits per heavy atom. The maximum Gasteiger partial charge on any atom is 1.00 e. The van der Waals surface area contributed by atoms with Gasteiger partial charge in [0.15, 0.2) is 0 Å². The third-order valence-corrected chi connectivity index (χ3v) is 0.986. The van der Waals surface area contributed by atoms with Crippen molar-refractivity contribution in [2.45, 2.75) is 18.9 Å². The summed E-state index contributed by atoms with van der Waals surface area (Å²) >= 11 is 0. The van der Waals surface area contributed by atoms with Gasteiger partial charge in [-0.1, -0.05) is 0 Å². The molecule has 0 spiro atoms. The molecule has 0 fully saturated rings. The van der Waals surface area contributed by atoms with Crippen LogP contribution in [0, 0.1) is 0 Å². The van der Waals surface area contributed by atoms with Crippen LogP contribution in [0.2, 0.25) is 0 Å². The van der Waals surface area contributed by atoms with Crippen LogP contribution in [0.4, 0.5) is 0 Å². The zero-order chi connectivity index (χ0) is 8.15. The van der Waals surface area contributed by atoms with Crippen molar-refractivity contribution < 1.29 is 79.4 Å². The van der Waals surface area contributed by atoms with E-state index >= 15 is 0 Å². The molecule has 0 heterocycles. The molecule has 1 atom stereocenters. The Hall–Kier alpha value is 0.705. The molecule has 0 aromatic heterocycles. The van der Waals surface area contributed by atoms with Gasteiger partial charge in [0.2, 0.25) is 0 Å². The van der Waals surface area contributed by atoms with Crippen LogP contribution in [-0.4, -0.2) is 28.2 Å². The van der Waals surface area contributed by atoms with Gasteiger partial charge in [-0.05, 0) is 6.42 Å². The van der Waals surface area contributed by atoms with Crippen LogP contribution in [0.15, 0.2) is 0 Å². The number of carboxylic acids is 2. The molecule has 0 saturated heterocycles. The van der Waals surface area contributed by atoms with Crippen molar-refractivity contribution in [3.63, 3.8) is 0 Å². The average molecular weight is 234 g/mol. The Balaban J connectivity index is -0.000000405. The van der Waals surface area contributed by atoms with E-state index in [0.717, 1.165) is 0 Å². The minimum Gasteiger partial charge on any atom is -1.00 e. The number of hydrogen-bond acceptors (Lipinski definition) is 3. The molecular weight excluding hydrogens is 224 g/mol. The summed E-state index contributed by atoms with van der Waals surface area (Å²) in [6, 6.07) is -1.06. The number of rotatable bonds is 4. The van der Waals surface area contributed by atoms with E-state index in [0.29, 0.717) is 0 Å². The molecule has 11 heavy (non-hydrogen) atoms. The van der Waals surface area contributed by atoms with E-state index in [1.807, 2.05) is 0 Å². The van der Waals surface area contributed by atoms with Gasteiger partial charge in [0, 0.05) is 6.42 Å². The predicted molar refractivity (Wildman–Crippen MR) is 33.6 cm³/mol. The first-order valence-corrected chi connectivity index (χ1v) is 2.74. The molecule has 4 N–H and O–H groups in total. The Morgan fingerprint density at radius 1 is 1.45 bits per heavy atom. The van der Waals surface area contributed by atoms with Gasteiger partial charge in [0.25, 0.3) is 0 Å². The topological polar surface area (TPSA) is 101 Å². The monoisotopic (exact) mass is 233 g/mol. The number of carboxylic acid groups (broad SMARTS) is 2. The van der Waals surface area contributed by atoms with E-state index in [1.54, 1.807) is 0 Å². The Kier molecular flexibility index (Phi) is 9.53. The summed E-state index contributed by atoms with van der Waals surface area (Å²) in [6.45, 7) is 0. The van der Waals surface area contributed by atoms with Crippen LogP contribution < -0.4 is 63.9 Å². The molecule has 0 aromatic carbocycles. The normalized spacial score (nSPS) is 11.4. The van der Waals surface area contributed by atoms with Crippen molar-refractivity contribution in [2.24, 2.45) is 5.73 Å². The molecule has 0 radical (unpaired) electrons. The fraction of sp³-hybridized carbons (Fsp3) is 0.600. The molecule has 0 aliphatic rings. The van der Waals surface area contributed by atoms with Crippen LogP contribution in [-0.2, 0) is 9.59 Å². The summed E-state index contributed by atoms with van der Waals surface area (Å²) in [6.07, 6.45) is -0.224. The van der Waals surface area contributed by atoms with Gasteiger partial charge in [-0.2, -0.15) is 0 Å². The molecule has 5 nitrogen and oxygen atoms in total. The minimum absolute atomic E-state index is 0. The van der Waals surface area contributed by atoms with E-state index in [9.17, 15) is 9.59 Å². The summed E-state index contributed by atoms with van der Waals surface area (Å²) in [5.74, 6) is -2.20. The molecule has 0 rings (SSSR count). The maximum absolute atomic E-state index is 9.99. The van der Waals surface area contributed by atoms with E-state index in [4.69, 9.17) is 15.9 Å². The molecule has 0 aliphatic heterocycles. The van der Waals surface area contributed by atoms with E-state index in [1.165, 1.54) is 0 Å².